The minimum Gasteiger partial charge on any atom is -0.459 e. The molecule has 7 heteroatoms. The van der Waals surface area contributed by atoms with Gasteiger partial charge in [-0.15, -0.1) is 0 Å². The number of nitrogens with one attached hydrogen (secondary N) is 2. The largest absolute Gasteiger partial charge is 0.459 e. The number of rotatable bonds is 8. The summed E-state index contributed by atoms with van der Waals surface area (Å²) in [4.78, 5) is 32.7. The molecule has 7 nitrogen and oxygen atoms in total. The van der Waals surface area contributed by atoms with Crippen LogP contribution in [0.4, 0.5) is 4.79 Å². The average Bonchev–Trinajstić information content (AvgIpc) is 3.24. The molecule has 1 heterocycles. The van der Waals surface area contributed by atoms with E-state index < -0.39 is 23.7 Å². The Labute approximate surface area is 188 Å². The summed E-state index contributed by atoms with van der Waals surface area (Å²) in [7, 11) is 0. The quantitative estimate of drug-likeness (QED) is 0.503. The number of amides is 1. The molecule has 168 valence electrons. The van der Waals surface area contributed by atoms with Gasteiger partial charge in [-0.25, -0.2) is 14.6 Å². The number of aromatic nitrogens is 2. The summed E-state index contributed by atoms with van der Waals surface area (Å²) in [6.45, 7) is 5.43. The zero-order valence-corrected chi connectivity index (χ0v) is 18.6. The Bertz CT molecular complexity index is 1010. The van der Waals surface area contributed by atoms with E-state index in [0.717, 1.165) is 22.6 Å². The van der Waals surface area contributed by atoms with Gasteiger partial charge in [0.1, 0.15) is 24.1 Å². The van der Waals surface area contributed by atoms with E-state index in [9.17, 15) is 9.59 Å². The van der Waals surface area contributed by atoms with Crippen molar-refractivity contribution < 1.29 is 19.1 Å². The van der Waals surface area contributed by atoms with Crippen molar-refractivity contribution in [3.63, 3.8) is 0 Å². The fourth-order valence-electron chi connectivity index (χ4n) is 3.06. The van der Waals surface area contributed by atoms with Gasteiger partial charge in [0.05, 0.1) is 11.9 Å². The topological polar surface area (TPSA) is 93.3 Å². The van der Waals surface area contributed by atoms with Gasteiger partial charge in [0.25, 0.3) is 0 Å². The number of ether oxygens (including phenoxy) is 2. The number of hydrogen-bond donors (Lipinski definition) is 2. The van der Waals surface area contributed by atoms with Crippen LogP contribution < -0.4 is 5.32 Å². The number of benzene rings is 2. The van der Waals surface area contributed by atoms with E-state index in [1.807, 2.05) is 60.7 Å². The van der Waals surface area contributed by atoms with Crippen LogP contribution in [-0.2, 0) is 27.3 Å². The molecule has 2 aromatic carbocycles. The van der Waals surface area contributed by atoms with Gasteiger partial charge >= 0.3 is 12.1 Å². The average molecular weight is 436 g/mol. The third kappa shape index (κ3) is 7.27. The van der Waals surface area contributed by atoms with Crippen LogP contribution in [-0.4, -0.2) is 33.7 Å². The molecule has 1 amide bonds. The highest BCUT2D eigenvalue weighted by atomic mass is 16.6. The molecule has 3 rings (SSSR count). The van der Waals surface area contributed by atoms with Crippen molar-refractivity contribution in [2.24, 2.45) is 0 Å². The first-order valence-corrected chi connectivity index (χ1v) is 10.6. The Morgan fingerprint density at radius 3 is 2.34 bits per heavy atom. The molecule has 0 spiro atoms. The smallest absolute Gasteiger partial charge is 0.408 e. The second kappa shape index (κ2) is 10.6. The molecule has 0 aliphatic rings. The van der Waals surface area contributed by atoms with Crippen molar-refractivity contribution in [2.75, 3.05) is 0 Å². The Kier molecular flexibility index (Phi) is 7.65. The van der Waals surface area contributed by atoms with Gasteiger partial charge in [0.15, 0.2) is 0 Å². The highest BCUT2D eigenvalue weighted by Crippen LogP contribution is 2.17. The van der Waals surface area contributed by atoms with Crippen LogP contribution in [0.3, 0.4) is 0 Å². The molecule has 0 aliphatic heterocycles. The highest BCUT2D eigenvalue weighted by molar-refractivity contribution is 5.81. The zero-order valence-electron chi connectivity index (χ0n) is 18.6. The fraction of sp³-hybridized carbons (Fsp3) is 0.320. The predicted molar refractivity (Wildman–Crippen MR) is 122 cm³/mol. The maximum atomic E-state index is 12.7. The third-order valence-corrected chi connectivity index (χ3v) is 4.58. The Morgan fingerprint density at radius 1 is 1.03 bits per heavy atom. The van der Waals surface area contributed by atoms with Gasteiger partial charge in [-0.05, 0) is 38.3 Å². The lowest BCUT2D eigenvalue weighted by molar-refractivity contribution is -0.147. The number of aromatic amines is 1. The van der Waals surface area contributed by atoms with Crippen LogP contribution in [0, 0.1) is 0 Å². The number of carbonyl (C=O) groups excluding carboxylic acids is 2. The Hall–Kier alpha value is -3.61. The molecular weight excluding hydrogens is 406 g/mol. The number of carbonyl (C=O) groups is 2. The molecule has 32 heavy (non-hydrogen) atoms. The standard InChI is InChI=1S/C25H29N3O4/c1-25(2,3)32-24(30)28-20(23(29)31-17-18-10-6-4-7-11-18)14-15-22-26-16-21(27-22)19-12-8-5-9-13-19/h4-13,16,20H,14-15,17H2,1-3H3,(H,26,27)(H,28,30). The lowest BCUT2D eigenvalue weighted by Crippen LogP contribution is -2.44. The fourth-order valence-corrected chi connectivity index (χ4v) is 3.06. The predicted octanol–water partition coefficient (Wildman–Crippen LogP) is 4.65. The van der Waals surface area contributed by atoms with Crippen molar-refractivity contribution in [3.8, 4) is 11.3 Å². The van der Waals surface area contributed by atoms with Crippen LogP contribution in [0.25, 0.3) is 11.3 Å². The van der Waals surface area contributed by atoms with Crippen LogP contribution in [0.2, 0.25) is 0 Å². The molecule has 1 aromatic heterocycles. The number of H-pyrrole nitrogens is 1. The van der Waals surface area contributed by atoms with Crippen molar-refractivity contribution in [3.05, 3.63) is 78.2 Å². The molecule has 2 N–H and O–H groups in total. The van der Waals surface area contributed by atoms with Crippen molar-refractivity contribution in [1.29, 1.82) is 0 Å². The molecular formula is C25H29N3O4. The number of aryl methyl sites for hydroxylation is 1. The summed E-state index contributed by atoms with van der Waals surface area (Å²) in [5, 5.41) is 2.64. The molecule has 3 aromatic rings. The van der Waals surface area contributed by atoms with E-state index in [-0.39, 0.29) is 6.61 Å². The first kappa shape index (κ1) is 23.1. The van der Waals surface area contributed by atoms with Gasteiger partial charge in [0.2, 0.25) is 0 Å². The number of nitrogens with zero attached hydrogens (tertiary/aromatic N) is 1. The van der Waals surface area contributed by atoms with Crippen LogP contribution in [0.5, 0.6) is 0 Å². The zero-order chi connectivity index (χ0) is 23.0. The Balaban J connectivity index is 1.64. The van der Waals surface area contributed by atoms with Crippen molar-refractivity contribution >= 4 is 12.1 Å². The molecule has 0 saturated carbocycles. The monoisotopic (exact) mass is 435 g/mol. The van der Waals surface area contributed by atoms with Gasteiger partial charge in [-0.3, -0.25) is 0 Å². The van der Waals surface area contributed by atoms with Gasteiger partial charge < -0.3 is 19.8 Å². The summed E-state index contributed by atoms with van der Waals surface area (Å²) in [6, 6.07) is 18.4. The minimum absolute atomic E-state index is 0.130. The normalized spacial score (nSPS) is 12.1. The van der Waals surface area contributed by atoms with E-state index in [4.69, 9.17) is 9.47 Å². The van der Waals surface area contributed by atoms with E-state index >= 15 is 0 Å². The molecule has 0 saturated heterocycles. The summed E-state index contributed by atoms with van der Waals surface area (Å²) in [5.74, 6) is 0.199. The molecule has 1 atom stereocenters. The Morgan fingerprint density at radius 2 is 1.69 bits per heavy atom. The number of hydrogen-bond acceptors (Lipinski definition) is 5. The van der Waals surface area contributed by atoms with E-state index in [1.165, 1.54) is 0 Å². The van der Waals surface area contributed by atoms with E-state index in [1.54, 1.807) is 27.0 Å². The molecule has 0 radical (unpaired) electrons. The van der Waals surface area contributed by atoms with Crippen molar-refractivity contribution in [1.82, 2.24) is 15.3 Å². The number of imidazole rings is 1. The van der Waals surface area contributed by atoms with E-state index in [0.29, 0.717) is 12.8 Å². The van der Waals surface area contributed by atoms with Crippen molar-refractivity contribution in [2.45, 2.75) is 51.9 Å². The molecule has 0 bridgehead atoms. The summed E-state index contributed by atoms with van der Waals surface area (Å²) >= 11 is 0. The highest BCUT2D eigenvalue weighted by Gasteiger charge is 2.26. The maximum Gasteiger partial charge on any atom is 0.408 e. The molecule has 0 aliphatic carbocycles. The third-order valence-electron chi connectivity index (χ3n) is 4.58. The van der Waals surface area contributed by atoms with Gasteiger partial charge in [-0.1, -0.05) is 60.7 Å². The second-order valence-corrected chi connectivity index (χ2v) is 8.44. The van der Waals surface area contributed by atoms with Gasteiger partial charge in [0, 0.05) is 6.42 Å². The first-order valence-electron chi connectivity index (χ1n) is 10.6. The summed E-state index contributed by atoms with van der Waals surface area (Å²) in [6.07, 6.45) is 1.86. The van der Waals surface area contributed by atoms with Crippen LogP contribution in [0.1, 0.15) is 38.6 Å². The SMILES string of the molecule is CC(C)(C)OC(=O)NC(CCc1ncc(-c2ccccc2)[nH]1)C(=O)OCc1ccccc1. The number of esters is 1. The second-order valence-electron chi connectivity index (χ2n) is 8.44. The lowest BCUT2D eigenvalue weighted by Gasteiger charge is -2.23. The molecule has 0 fully saturated rings. The first-order chi connectivity index (χ1) is 15.3. The molecule has 1 unspecified atom stereocenters. The lowest BCUT2D eigenvalue weighted by atomic mass is 10.1. The van der Waals surface area contributed by atoms with Crippen LogP contribution >= 0.6 is 0 Å². The minimum atomic E-state index is -0.862. The number of alkyl carbamates (subject to hydrolysis) is 1. The summed E-state index contributed by atoms with van der Waals surface area (Å²) < 4.78 is 10.8. The van der Waals surface area contributed by atoms with Crippen LogP contribution in [0.15, 0.2) is 66.9 Å². The van der Waals surface area contributed by atoms with Gasteiger partial charge in [-0.2, -0.15) is 0 Å². The van der Waals surface area contributed by atoms with E-state index in [2.05, 4.69) is 15.3 Å². The maximum absolute atomic E-state index is 12.7. The summed E-state index contributed by atoms with van der Waals surface area (Å²) in [5.41, 5.74) is 2.12.